The summed E-state index contributed by atoms with van der Waals surface area (Å²) in [7, 11) is 1.47. The summed E-state index contributed by atoms with van der Waals surface area (Å²) in [6, 6.07) is 0. The Bertz CT molecular complexity index is 334. The third-order valence-corrected chi connectivity index (χ3v) is 2.25. The highest BCUT2D eigenvalue weighted by molar-refractivity contribution is 5.83. The number of ether oxygens (including phenoxy) is 3. The highest BCUT2D eigenvalue weighted by Crippen LogP contribution is 2.14. The van der Waals surface area contributed by atoms with E-state index in [0.29, 0.717) is 12.7 Å². The molecule has 0 aromatic heterocycles. The van der Waals surface area contributed by atoms with E-state index in [-0.39, 0.29) is 18.9 Å². The van der Waals surface area contributed by atoms with Crippen molar-refractivity contribution in [3.8, 4) is 0 Å². The third-order valence-electron chi connectivity index (χ3n) is 2.25. The van der Waals surface area contributed by atoms with Crippen LogP contribution in [0.25, 0.3) is 0 Å². The van der Waals surface area contributed by atoms with Crippen molar-refractivity contribution in [2.75, 3.05) is 13.9 Å². The first-order valence-electron chi connectivity index (χ1n) is 5.25. The van der Waals surface area contributed by atoms with Crippen molar-refractivity contribution in [1.29, 1.82) is 0 Å². The second-order valence-electron chi connectivity index (χ2n) is 3.83. The molecule has 0 N–H and O–H groups in total. The van der Waals surface area contributed by atoms with Crippen LogP contribution in [0.2, 0.25) is 0 Å². The first-order valence-corrected chi connectivity index (χ1v) is 5.25. The summed E-state index contributed by atoms with van der Waals surface area (Å²) >= 11 is 0. The van der Waals surface area contributed by atoms with E-state index in [9.17, 15) is 9.59 Å². The van der Waals surface area contributed by atoms with E-state index in [1.54, 1.807) is 25.2 Å². The minimum Gasteiger partial charge on any atom is -0.455 e. The topological polar surface area (TPSA) is 61.8 Å². The first-order chi connectivity index (χ1) is 8.09. The zero-order valence-corrected chi connectivity index (χ0v) is 9.92. The summed E-state index contributed by atoms with van der Waals surface area (Å²) in [5.41, 5.74) is -1.07. The van der Waals surface area contributed by atoms with Crippen molar-refractivity contribution in [1.82, 2.24) is 0 Å². The number of methoxy groups -OCH3 is 1. The van der Waals surface area contributed by atoms with E-state index < -0.39 is 5.60 Å². The van der Waals surface area contributed by atoms with Gasteiger partial charge >= 0.3 is 5.97 Å². The fourth-order valence-corrected chi connectivity index (χ4v) is 1.26. The highest BCUT2D eigenvalue weighted by atomic mass is 16.7. The summed E-state index contributed by atoms with van der Waals surface area (Å²) in [6.45, 7) is 1.62. The molecule has 0 saturated heterocycles. The molecule has 1 aliphatic heterocycles. The number of carbonyl (C=O) groups excluding carboxylic acids is 2. The summed E-state index contributed by atoms with van der Waals surface area (Å²) < 4.78 is 15.0. The fourth-order valence-electron chi connectivity index (χ4n) is 1.26. The van der Waals surface area contributed by atoms with Gasteiger partial charge in [0.15, 0.2) is 6.29 Å². The maximum absolute atomic E-state index is 11.0. The van der Waals surface area contributed by atoms with Crippen molar-refractivity contribution in [3.05, 3.63) is 24.3 Å². The van der Waals surface area contributed by atoms with Gasteiger partial charge in [-0.2, -0.15) is 0 Å². The number of cyclic esters (lactones) is 1. The van der Waals surface area contributed by atoms with Crippen molar-refractivity contribution in [2.24, 2.45) is 0 Å². The van der Waals surface area contributed by atoms with Gasteiger partial charge in [-0.3, -0.25) is 4.79 Å². The molecule has 1 aliphatic rings. The molecule has 0 saturated carbocycles. The zero-order chi connectivity index (χ0) is 12.7. The second kappa shape index (κ2) is 6.32. The lowest BCUT2D eigenvalue weighted by molar-refractivity contribution is -0.142. The number of hydrogen-bond acceptors (Lipinski definition) is 5. The Kier molecular flexibility index (Phi) is 5.06. The molecule has 0 bridgehead atoms. The Hall–Kier alpha value is -1.46. The van der Waals surface area contributed by atoms with Crippen LogP contribution in [0.3, 0.4) is 0 Å². The largest absolute Gasteiger partial charge is 0.455 e. The van der Waals surface area contributed by atoms with Crippen LogP contribution in [-0.2, 0) is 23.8 Å². The van der Waals surface area contributed by atoms with Gasteiger partial charge in [-0.15, -0.1) is 0 Å². The molecule has 2 atom stereocenters. The maximum Gasteiger partial charge on any atom is 0.331 e. The Balaban J connectivity index is 2.57. The van der Waals surface area contributed by atoms with Crippen LogP contribution < -0.4 is 0 Å². The normalized spacial score (nSPS) is 23.4. The second-order valence-corrected chi connectivity index (χ2v) is 3.83. The van der Waals surface area contributed by atoms with Crippen molar-refractivity contribution in [3.63, 3.8) is 0 Å². The molecule has 5 nitrogen and oxygen atoms in total. The molecule has 94 valence electrons. The predicted molar refractivity (Wildman–Crippen MR) is 60.2 cm³/mol. The summed E-state index contributed by atoms with van der Waals surface area (Å²) in [6.07, 6.45) is 7.24. The van der Waals surface area contributed by atoms with Crippen LogP contribution in [-0.4, -0.2) is 37.9 Å². The van der Waals surface area contributed by atoms with Gasteiger partial charge in [0, 0.05) is 19.6 Å². The summed E-state index contributed by atoms with van der Waals surface area (Å²) in [5.74, 6) is -0.378. The smallest absolute Gasteiger partial charge is 0.331 e. The van der Waals surface area contributed by atoms with Crippen molar-refractivity contribution < 1.29 is 23.8 Å². The molecule has 5 heteroatoms. The zero-order valence-electron chi connectivity index (χ0n) is 9.92. The van der Waals surface area contributed by atoms with E-state index >= 15 is 0 Å². The molecular formula is C12H16O5. The molecule has 1 rings (SSSR count). The number of aldehydes is 1. The molecule has 17 heavy (non-hydrogen) atoms. The number of esters is 1. The molecular weight excluding hydrogens is 224 g/mol. The van der Waals surface area contributed by atoms with Crippen LogP contribution in [0.1, 0.15) is 13.3 Å². The van der Waals surface area contributed by atoms with E-state index in [1.807, 2.05) is 0 Å². The Labute approximate surface area is 100 Å². The summed E-state index contributed by atoms with van der Waals surface area (Å²) in [5, 5.41) is 0. The van der Waals surface area contributed by atoms with Crippen molar-refractivity contribution in [2.45, 2.75) is 25.0 Å². The molecule has 0 aliphatic carbocycles. The minimum absolute atomic E-state index is 0.0178. The molecule has 1 heterocycles. The SMILES string of the molecule is COCO[C@](C)(C=O)C=C[C@H]1CC=CC(=O)O1. The number of hydrogen-bond donors (Lipinski definition) is 0. The van der Waals surface area contributed by atoms with Gasteiger partial charge in [0.1, 0.15) is 18.5 Å². The Morgan fingerprint density at radius 1 is 1.65 bits per heavy atom. The first kappa shape index (κ1) is 13.6. The van der Waals surface area contributed by atoms with Gasteiger partial charge < -0.3 is 14.2 Å². The van der Waals surface area contributed by atoms with Crippen LogP contribution in [0, 0.1) is 0 Å². The Morgan fingerprint density at radius 3 is 3.00 bits per heavy atom. The lowest BCUT2D eigenvalue weighted by Gasteiger charge is -2.21. The highest BCUT2D eigenvalue weighted by Gasteiger charge is 2.22. The predicted octanol–water partition coefficient (Wildman–Crippen LogP) is 0.992. The standard InChI is InChI=1S/C12H16O5/c1-12(8-13,16-9-15-2)7-6-10-4-3-5-11(14)17-10/h3,5-8,10H,4,9H2,1-2H3/t10-,12+/m1/s1. The third kappa shape index (κ3) is 4.50. The average Bonchev–Trinajstić information content (AvgIpc) is 2.34. The van der Waals surface area contributed by atoms with Crippen LogP contribution in [0.15, 0.2) is 24.3 Å². The molecule has 0 spiro atoms. The number of rotatable bonds is 6. The fraction of sp³-hybridized carbons (Fsp3) is 0.500. The van der Waals surface area contributed by atoms with E-state index in [0.717, 1.165) is 0 Å². The van der Waals surface area contributed by atoms with Crippen LogP contribution in [0.5, 0.6) is 0 Å². The average molecular weight is 240 g/mol. The monoisotopic (exact) mass is 240 g/mol. The number of carbonyl (C=O) groups is 2. The molecule has 0 aromatic rings. The maximum atomic E-state index is 11.0. The van der Waals surface area contributed by atoms with Crippen LogP contribution >= 0.6 is 0 Å². The van der Waals surface area contributed by atoms with E-state index in [2.05, 4.69) is 0 Å². The molecule has 0 fully saturated rings. The van der Waals surface area contributed by atoms with Gasteiger partial charge in [-0.05, 0) is 19.1 Å². The van der Waals surface area contributed by atoms with Gasteiger partial charge in [0.05, 0.1) is 0 Å². The summed E-state index contributed by atoms with van der Waals surface area (Å²) in [4.78, 5) is 21.9. The van der Waals surface area contributed by atoms with Crippen LogP contribution in [0.4, 0.5) is 0 Å². The molecule has 0 aromatic carbocycles. The Morgan fingerprint density at radius 2 is 2.41 bits per heavy atom. The van der Waals surface area contributed by atoms with Crippen molar-refractivity contribution >= 4 is 12.3 Å². The molecule has 0 unspecified atom stereocenters. The molecule has 0 radical (unpaired) electrons. The lowest BCUT2D eigenvalue weighted by atomic mass is 10.1. The van der Waals surface area contributed by atoms with Gasteiger partial charge in [0.25, 0.3) is 0 Å². The quantitative estimate of drug-likeness (QED) is 0.300. The van der Waals surface area contributed by atoms with Gasteiger partial charge in [-0.25, -0.2) is 4.79 Å². The van der Waals surface area contributed by atoms with Gasteiger partial charge in [0.2, 0.25) is 0 Å². The lowest BCUT2D eigenvalue weighted by Crippen LogP contribution is -2.30. The van der Waals surface area contributed by atoms with E-state index in [1.165, 1.54) is 13.2 Å². The minimum atomic E-state index is -1.07. The molecule has 0 amide bonds. The van der Waals surface area contributed by atoms with E-state index in [4.69, 9.17) is 14.2 Å². The van der Waals surface area contributed by atoms with Gasteiger partial charge in [-0.1, -0.05) is 6.08 Å².